The Morgan fingerprint density at radius 2 is 2.05 bits per heavy atom. The summed E-state index contributed by atoms with van der Waals surface area (Å²) in [7, 11) is 0. The maximum absolute atomic E-state index is 3.75. The molecule has 1 nitrogen and oxygen atoms in total. The molecule has 1 aliphatic carbocycles. The molecule has 0 radical (unpaired) electrons. The van der Waals surface area contributed by atoms with Crippen molar-refractivity contribution in [2.75, 3.05) is 19.6 Å². The Balaban J connectivity index is 1.88. The Hall–Kier alpha value is -0.820. The average molecular weight is 259 g/mol. The fraction of sp³-hybridized carbons (Fsp3) is 0.667. The maximum atomic E-state index is 3.75. The van der Waals surface area contributed by atoms with E-state index < -0.39 is 0 Å². The predicted octanol–water partition coefficient (Wildman–Crippen LogP) is 4.58. The van der Waals surface area contributed by atoms with E-state index in [2.05, 4.69) is 37.5 Å². The van der Waals surface area contributed by atoms with E-state index in [0.717, 1.165) is 12.5 Å². The highest BCUT2D eigenvalue weighted by Crippen LogP contribution is 2.45. The summed E-state index contributed by atoms with van der Waals surface area (Å²) in [6.45, 7) is 12.0. The first-order valence-corrected chi connectivity index (χ1v) is 7.84. The number of nitrogens with zero attached hydrogens (tertiary/aromatic N) is 1. The Morgan fingerprint density at radius 1 is 1.32 bits per heavy atom. The highest BCUT2D eigenvalue weighted by Gasteiger charge is 2.39. The van der Waals surface area contributed by atoms with Crippen molar-refractivity contribution < 1.29 is 0 Å². The van der Waals surface area contributed by atoms with Gasteiger partial charge < -0.3 is 0 Å². The molecule has 0 bridgehead atoms. The van der Waals surface area contributed by atoms with Crippen LogP contribution in [0.1, 0.15) is 46.0 Å². The molecule has 106 valence electrons. The van der Waals surface area contributed by atoms with Gasteiger partial charge in [-0.1, -0.05) is 50.6 Å². The van der Waals surface area contributed by atoms with Crippen molar-refractivity contribution in [3.63, 3.8) is 0 Å². The zero-order chi connectivity index (χ0) is 13.7. The van der Waals surface area contributed by atoms with Gasteiger partial charge in [0.25, 0.3) is 0 Å². The van der Waals surface area contributed by atoms with Crippen LogP contribution in [0.15, 0.2) is 36.5 Å². The topological polar surface area (TPSA) is 3.24 Å². The third-order valence-electron chi connectivity index (χ3n) is 5.08. The molecule has 1 saturated heterocycles. The zero-order valence-corrected chi connectivity index (χ0v) is 12.7. The highest BCUT2D eigenvalue weighted by molar-refractivity contribution is 5.22. The highest BCUT2D eigenvalue weighted by atomic mass is 15.2. The molecule has 0 aromatic rings. The number of likely N-dealkylation sites (tertiary alicyclic amines) is 1. The van der Waals surface area contributed by atoms with E-state index in [4.69, 9.17) is 0 Å². The van der Waals surface area contributed by atoms with E-state index in [1.54, 1.807) is 0 Å². The largest absolute Gasteiger partial charge is 0.299 e. The first-order chi connectivity index (χ1) is 9.17. The molecule has 1 heterocycles. The summed E-state index contributed by atoms with van der Waals surface area (Å²) < 4.78 is 0. The number of hydrogen-bond acceptors (Lipinski definition) is 1. The zero-order valence-electron chi connectivity index (χ0n) is 12.7. The predicted molar refractivity (Wildman–Crippen MR) is 84.2 cm³/mol. The van der Waals surface area contributed by atoms with Crippen molar-refractivity contribution in [1.29, 1.82) is 0 Å². The second-order valence-electron chi connectivity index (χ2n) is 6.60. The SMILES string of the molecule is C=C/C=C\C(=C/C)CN1CCC2(CCC(C)CC2)C1. The second kappa shape index (κ2) is 6.56. The Labute approximate surface area is 119 Å². The lowest BCUT2D eigenvalue weighted by molar-refractivity contribution is 0.159. The molecule has 1 aliphatic heterocycles. The van der Waals surface area contributed by atoms with Crippen LogP contribution in [0.2, 0.25) is 0 Å². The lowest BCUT2D eigenvalue weighted by atomic mass is 9.70. The molecule has 1 saturated carbocycles. The van der Waals surface area contributed by atoms with Crippen molar-refractivity contribution in [2.24, 2.45) is 11.3 Å². The van der Waals surface area contributed by atoms with Crippen molar-refractivity contribution in [2.45, 2.75) is 46.0 Å². The fourth-order valence-corrected chi connectivity index (χ4v) is 3.64. The van der Waals surface area contributed by atoms with Crippen LogP contribution in [0, 0.1) is 11.3 Å². The van der Waals surface area contributed by atoms with Gasteiger partial charge in [-0.05, 0) is 49.6 Å². The minimum Gasteiger partial charge on any atom is -0.299 e. The van der Waals surface area contributed by atoms with Crippen LogP contribution in [0.3, 0.4) is 0 Å². The molecule has 0 aromatic heterocycles. The standard InChI is InChI=1S/C18H29N/c1-4-6-7-17(5-2)14-19-13-12-18(15-19)10-8-16(3)9-11-18/h4-7,16H,1,8-15H2,2-3H3/b7-6-,17-5+. The van der Waals surface area contributed by atoms with Gasteiger partial charge in [0.2, 0.25) is 0 Å². The summed E-state index contributed by atoms with van der Waals surface area (Å²) in [5, 5.41) is 0. The molecule has 1 heteroatoms. The lowest BCUT2D eigenvalue weighted by Crippen LogP contribution is -2.31. The van der Waals surface area contributed by atoms with Gasteiger partial charge in [-0.3, -0.25) is 4.90 Å². The van der Waals surface area contributed by atoms with Crippen LogP contribution >= 0.6 is 0 Å². The number of hydrogen-bond donors (Lipinski definition) is 0. The van der Waals surface area contributed by atoms with Gasteiger partial charge in [0.05, 0.1) is 0 Å². The molecule has 0 atom stereocenters. The van der Waals surface area contributed by atoms with Gasteiger partial charge in [-0.25, -0.2) is 0 Å². The third kappa shape index (κ3) is 3.82. The van der Waals surface area contributed by atoms with E-state index in [-0.39, 0.29) is 0 Å². The van der Waals surface area contributed by atoms with Crippen LogP contribution in [0.25, 0.3) is 0 Å². The molecule has 0 amide bonds. The Bertz CT molecular complexity index is 356. The fourth-order valence-electron chi connectivity index (χ4n) is 3.64. The molecule has 2 fully saturated rings. The summed E-state index contributed by atoms with van der Waals surface area (Å²) in [6.07, 6.45) is 15.6. The van der Waals surface area contributed by atoms with Crippen molar-refractivity contribution >= 4 is 0 Å². The van der Waals surface area contributed by atoms with Gasteiger partial charge in [0.15, 0.2) is 0 Å². The smallest absolute Gasteiger partial charge is 0.0230 e. The van der Waals surface area contributed by atoms with Crippen LogP contribution in [0.4, 0.5) is 0 Å². The monoisotopic (exact) mass is 259 g/mol. The lowest BCUT2D eigenvalue weighted by Gasteiger charge is -2.36. The first-order valence-electron chi connectivity index (χ1n) is 7.84. The average Bonchev–Trinajstić information content (AvgIpc) is 2.81. The molecule has 2 rings (SSSR count). The molecule has 1 spiro atoms. The van der Waals surface area contributed by atoms with Crippen LogP contribution in [-0.4, -0.2) is 24.5 Å². The van der Waals surface area contributed by atoms with E-state index >= 15 is 0 Å². The van der Waals surface area contributed by atoms with Gasteiger partial charge >= 0.3 is 0 Å². The minimum absolute atomic E-state index is 0.660. The van der Waals surface area contributed by atoms with E-state index in [9.17, 15) is 0 Å². The van der Waals surface area contributed by atoms with Crippen molar-refractivity contribution in [1.82, 2.24) is 4.90 Å². The van der Waals surface area contributed by atoms with Crippen molar-refractivity contribution in [3.05, 3.63) is 36.5 Å². The van der Waals surface area contributed by atoms with E-state index in [0.29, 0.717) is 5.41 Å². The maximum Gasteiger partial charge on any atom is 0.0230 e. The van der Waals surface area contributed by atoms with Gasteiger partial charge in [-0.15, -0.1) is 0 Å². The van der Waals surface area contributed by atoms with Crippen LogP contribution < -0.4 is 0 Å². The molecule has 0 N–H and O–H groups in total. The van der Waals surface area contributed by atoms with Crippen LogP contribution in [-0.2, 0) is 0 Å². The molecular formula is C18H29N. The molecule has 0 aromatic carbocycles. The molecular weight excluding hydrogens is 230 g/mol. The summed E-state index contributed by atoms with van der Waals surface area (Å²) in [6, 6.07) is 0. The number of rotatable bonds is 4. The third-order valence-corrected chi connectivity index (χ3v) is 5.08. The first kappa shape index (κ1) is 14.6. The van der Waals surface area contributed by atoms with Crippen LogP contribution in [0.5, 0.6) is 0 Å². The Kier molecular flexibility index (Phi) is 5.04. The van der Waals surface area contributed by atoms with Gasteiger partial charge in [0.1, 0.15) is 0 Å². The molecule has 0 unspecified atom stereocenters. The second-order valence-corrected chi connectivity index (χ2v) is 6.60. The quantitative estimate of drug-likeness (QED) is 0.668. The summed E-state index contributed by atoms with van der Waals surface area (Å²) in [5.74, 6) is 0.960. The number of allylic oxidation sites excluding steroid dienone is 3. The summed E-state index contributed by atoms with van der Waals surface area (Å²) >= 11 is 0. The van der Waals surface area contributed by atoms with E-state index in [1.165, 1.54) is 50.8 Å². The van der Waals surface area contributed by atoms with Crippen molar-refractivity contribution in [3.8, 4) is 0 Å². The van der Waals surface area contributed by atoms with Gasteiger partial charge in [-0.2, -0.15) is 0 Å². The summed E-state index contributed by atoms with van der Waals surface area (Å²) in [4.78, 5) is 2.65. The van der Waals surface area contributed by atoms with Gasteiger partial charge in [0, 0.05) is 13.1 Å². The molecule has 2 aliphatic rings. The minimum atomic E-state index is 0.660. The normalized spacial score (nSPS) is 33.4. The Morgan fingerprint density at radius 3 is 2.68 bits per heavy atom. The summed E-state index contributed by atoms with van der Waals surface area (Å²) in [5.41, 5.74) is 2.08. The molecule has 19 heavy (non-hydrogen) atoms. The van der Waals surface area contributed by atoms with E-state index in [1.807, 2.05) is 12.2 Å².